The van der Waals surface area contributed by atoms with E-state index >= 15 is 0 Å². The van der Waals surface area contributed by atoms with Gasteiger partial charge in [-0.15, -0.1) is 0 Å². The van der Waals surface area contributed by atoms with E-state index in [9.17, 15) is 17.6 Å². The predicted molar refractivity (Wildman–Crippen MR) is 104 cm³/mol. The Hall–Kier alpha value is -2.01. The fourth-order valence-corrected chi connectivity index (χ4v) is 2.99. The van der Waals surface area contributed by atoms with Crippen LogP contribution >= 0.6 is 0 Å². The van der Waals surface area contributed by atoms with E-state index in [1.54, 1.807) is 0 Å². The second-order valence-electron chi connectivity index (χ2n) is 8.29. The first-order chi connectivity index (χ1) is 13.1. The SMILES string of the molecule is CC(C)(C)CCCCCCCCCC#Cc1c(F)ccc(C#N)c1C(F)(F)F. The number of hydrogen-bond acceptors (Lipinski definition) is 1. The van der Waals surface area contributed by atoms with E-state index in [2.05, 4.69) is 32.6 Å². The molecule has 1 rings (SSSR count). The Kier molecular flexibility index (Phi) is 9.53. The highest BCUT2D eigenvalue weighted by molar-refractivity contribution is 5.52. The van der Waals surface area contributed by atoms with Gasteiger partial charge in [-0.1, -0.05) is 71.1 Å². The first-order valence-corrected chi connectivity index (χ1v) is 9.85. The van der Waals surface area contributed by atoms with Crippen molar-refractivity contribution >= 4 is 0 Å². The van der Waals surface area contributed by atoms with Crippen LogP contribution in [-0.2, 0) is 6.18 Å². The van der Waals surface area contributed by atoms with Crippen LogP contribution in [-0.4, -0.2) is 0 Å². The van der Waals surface area contributed by atoms with E-state index in [0.717, 1.165) is 37.8 Å². The number of halogens is 4. The Morgan fingerprint density at radius 1 is 0.893 bits per heavy atom. The van der Waals surface area contributed by atoms with Crippen molar-refractivity contribution in [3.8, 4) is 17.9 Å². The maximum absolute atomic E-state index is 13.8. The molecular weight excluding hydrogens is 366 g/mol. The summed E-state index contributed by atoms with van der Waals surface area (Å²) in [4.78, 5) is 0. The van der Waals surface area contributed by atoms with Crippen LogP contribution in [0.25, 0.3) is 0 Å². The number of rotatable bonds is 8. The molecule has 0 fully saturated rings. The molecule has 0 aromatic heterocycles. The third-order valence-corrected chi connectivity index (χ3v) is 4.50. The van der Waals surface area contributed by atoms with Crippen molar-refractivity contribution in [2.75, 3.05) is 0 Å². The molecule has 0 aliphatic carbocycles. The Bertz CT molecular complexity index is 724. The van der Waals surface area contributed by atoms with E-state index in [0.29, 0.717) is 11.8 Å². The normalized spacial score (nSPS) is 11.6. The summed E-state index contributed by atoms with van der Waals surface area (Å²) in [7, 11) is 0. The molecule has 0 N–H and O–H groups in total. The van der Waals surface area contributed by atoms with Crippen LogP contribution in [0.15, 0.2) is 12.1 Å². The monoisotopic (exact) mass is 395 g/mol. The Balaban J connectivity index is 2.44. The van der Waals surface area contributed by atoms with Gasteiger partial charge in [0.05, 0.1) is 22.8 Å². The average Bonchev–Trinajstić information content (AvgIpc) is 2.58. The maximum atomic E-state index is 13.8. The standard InChI is InChI=1S/C23H29F4N/c1-22(2,3)16-12-10-8-6-4-5-7-9-11-13-19-20(24)15-14-18(17-28)21(19)23(25,26)27/h14-15H,4-10,12,16H2,1-3H3. The third kappa shape index (κ3) is 8.79. The van der Waals surface area contributed by atoms with E-state index in [1.165, 1.54) is 31.8 Å². The van der Waals surface area contributed by atoms with Crippen molar-refractivity contribution in [2.24, 2.45) is 5.41 Å². The van der Waals surface area contributed by atoms with Crippen LogP contribution in [0.5, 0.6) is 0 Å². The molecule has 0 bridgehead atoms. The Morgan fingerprint density at radius 3 is 2.00 bits per heavy atom. The molecule has 0 unspecified atom stereocenters. The molecule has 0 saturated heterocycles. The van der Waals surface area contributed by atoms with E-state index in [1.807, 2.05) is 0 Å². The first-order valence-electron chi connectivity index (χ1n) is 9.85. The number of benzene rings is 1. The quantitative estimate of drug-likeness (QED) is 0.252. The molecule has 0 amide bonds. The lowest BCUT2D eigenvalue weighted by Gasteiger charge is -2.17. The van der Waals surface area contributed by atoms with E-state index in [4.69, 9.17) is 5.26 Å². The predicted octanol–water partition coefficient (Wildman–Crippen LogP) is 7.62. The fourth-order valence-electron chi connectivity index (χ4n) is 2.99. The summed E-state index contributed by atoms with van der Waals surface area (Å²) < 4.78 is 53.3. The Morgan fingerprint density at radius 2 is 1.46 bits per heavy atom. The molecule has 0 atom stereocenters. The first kappa shape index (κ1) is 24.0. The van der Waals surface area contributed by atoms with Gasteiger partial charge >= 0.3 is 6.18 Å². The van der Waals surface area contributed by atoms with Gasteiger partial charge in [-0.3, -0.25) is 0 Å². The molecule has 1 aromatic carbocycles. The smallest absolute Gasteiger partial charge is 0.206 e. The van der Waals surface area contributed by atoms with Crippen molar-refractivity contribution in [2.45, 2.75) is 84.7 Å². The fraction of sp³-hybridized carbons (Fsp3) is 0.609. The minimum atomic E-state index is -4.82. The number of nitrogens with zero attached hydrogens (tertiary/aromatic N) is 1. The highest BCUT2D eigenvalue weighted by atomic mass is 19.4. The van der Waals surface area contributed by atoms with Crippen LogP contribution in [0, 0.1) is 34.4 Å². The van der Waals surface area contributed by atoms with Gasteiger partial charge in [0, 0.05) is 6.42 Å². The largest absolute Gasteiger partial charge is 0.418 e. The minimum absolute atomic E-state index is 0.386. The van der Waals surface area contributed by atoms with Gasteiger partial charge in [0.15, 0.2) is 0 Å². The number of nitriles is 1. The lowest BCUT2D eigenvalue weighted by molar-refractivity contribution is -0.138. The van der Waals surface area contributed by atoms with Crippen LogP contribution in [0.2, 0.25) is 0 Å². The average molecular weight is 395 g/mol. The summed E-state index contributed by atoms with van der Waals surface area (Å²) in [6, 6.07) is 3.16. The summed E-state index contributed by atoms with van der Waals surface area (Å²) in [5.74, 6) is 3.89. The Labute approximate surface area is 166 Å². The zero-order chi connectivity index (χ0) is 21.2. The molecule has 1 aromatic rings. The lowest BCUT2D eigenvalue weighted by atomic mass is 9.89. The molecule has 0 aliphatic rings. The molecule has 0 heterocycles. The number of alkyl halides is 3. The van der Waals surface area contributed by atoms with Gasteiger partial charge < -0.3 is 0 Å². The molecule has 1 nitrogen and oxygen atoms in total. The second kappa shape index (κ2) is 11.1. The molecule has 28 heavy (non-hydrogen) atoms. The highest BCUT2D eigenvalue weighted by Gasteiger charge is 2.37. The van der Waals surface area contributed by atoms with Crippen molar-refractivity contribution in [3.63, 3.8) is 0 Å². The second-order valence-corrected chi connectivity index (χ2v) is 8.29. The summed E-state index contributed by atoms with van der Waals surface area (Å²) in [6.45, 7) is 6.73. The molecule has 0 saturated carbocycles. The van der Waals surface area contributed by atoms with Crippen LogP contribution < -0.4 is 0 Å². The van der Waals surface area contributed by atoms with Crippen LogP contribution in [0.1, 0.15) is 95.2 Å². The summed E-state index contributed by atoms with van der Waals surface area (Å²) >= 11 is 0. The molecule has 0 spiro atoms. The maximum Gasteiger partial charge on any atom is 0.418 e. The third-order valence-electron chi connectivity index (χ3n) is 4.50. The molecule has 0 radical (unpaired) electrons. The van der Waals surface area contributed by atoms with Crippen LogP contribution in [0.3, 0.4) is 0 Å². The molecule has 0 aliphatic heterocycles. The molecular formula is C23H29F4N. The van der Waals surface area contributed by atoms with Gasteiger partial charge in [-0.25, -0.2) is 4.39 Å². The zero-order valence-corrected chi connectivity index (χ0v) is 17.0. The molecule has 154 valence electrons. The zero-order valence-electron chi connectivity index (χ0n) is 17.0. The topological polar surface area (TPSA) is 23.8 Å². The summed E-state index contributed by atoms with van der Waals surface area (Å²) in [5, 5.41) is 8.86. The van der Waals surface area contributed by atoms with Crippen molar-refractivity contribution in [3.05, 3.63) is 34.6 Å². The van der Waals surface area contributed by atoms with Gasteiger partial charge in [0.1, 0.15) is 5.82 Å². The van der Waals surface area contributed by atoms with E-state index in [-0.39, 0.29) is 0 Å². The van der Waals surface area contributed by atoms with Gasteiger partial charge in [0.2, 0.25) is 0 Å². The molecule has 5 heteroatoms. The van der Waals surface area contributed by atoms with Gasteiger partial charge in [-0.05, 0) is 30.4 Å². The van der Waals surface area contributed by atoms with Gasteiger partial charge in [-0.2, -0.15) is 18.4 Å². The van der Waals surface area contributed by atoms with Crippen molar-refractivity contribution in [1.29, 1.82) is 5.26 Å². The van der Waals surface area contributed by atoms with Crippen molar-refractivity contribution in [1.82, 2.24) is 0 Å². The van der Waals surface area contributed by atoms with Crippen LogP contribution in [0.4, 0.5) is 17.6 Å². The highest BCUT2D eigenvalue weighted by Crippen LogP contribution is 2.35. The summed E-state index contributed by atoms with van der Waals surface area (Å²) in [5.41, 5.74) is -2.23. The minimum Gasteiger partial charge on any atom is -0.206 e. The number of hydrogen-bond donors (Lipinski definition) is 0. The van der Waals surface area contributed by atoms with E-state index < -0.39 is 28.7 Å². The summed E-state index contributed by atoms with van der Waals surface area (Å²) in [6.07, 6.45) is 4.45. The van der Waals surface area contributed by atoms with Gasteiger partial charge in [0.25, 0.3) is 0 Å². The lowest BCUT2D eigenvalue weighted by Crippen LogP contribution is -2.12. The van der Waals surface area contributed by atoms with Crippen molar-refractivity contribution < 1.29 is 17.6 Å². The number of unbranched alkanes of at least 4 members (excludes halogenated alkanes) is 7.